The zero-order chi connectivity index (χ0) is 31.0. The Morgan fingerprint density at radius 3 is 2.21 bits per heavy atom. The molecule has 1 aliphatic carbocycles. The van der Waals surface area contributed by atoms with Gasteiger partial charge in [0.1, 0.15) is 18.3 Å². The Bertz CT molecular complexity index is 1480. The van der Waals surface area contributed by atoms with Crippen LogP contribution >= 0.6 is 27.7 Å². The second kappa shape index (κ2) is 15.1. The number of hydrogen-bond donors (Lipinski definition) is 1. The van der Waals surface area contributed by atoms with Crippen molar-refractivity contribution in [2.45, 2.75) is 68.0 Å². The molecule has 0 spiro atoms. The zero-order valence-corrected chi connectivity index (χ0v) is 27.9. The molecule has 1 N–H and O–H groups in total. The molecule has 0 aliphatic heterocycles. The topological polar surface area (TPSA) is 96.0 Å². The van der Waals surface area contributed by atoms with E-state index in [1.165, 1.54) is 16.7 Å². The van der Waals surface area contributed by atoms with E-state index in [0.717, 1.165) is 44.9 Å². The number of ether oxygens (including phenoxy) is 1. The third kappa shape index (κ3) is 8.55. The second-order valence-electron chi connectivity index (χ2n) is 10.4. The van der Waals surface area contributed by atoms with Gasteiger partial charge in [-0.2, -0.15) is 0 Å². The molecule has 1 fully saturated rings. The van der Waals surface area contributed by atoms with Gasteiger partial charge in [-0.15, -0.1) is 11.8 Å². The summed E-state index contributed by atoms with van der Waals surface area (Å²) in [6.45, 7) is 3.68. The molecule has 1 saturated carbocycles. The molecule has 4 rings (SSSR count). The van der Waals surface area contributed by atoms with Gasteiger partial charge in [0, 0.05) is 22.0 Å². The fourth-order valence-electron chi connectivity index (χ4n) is 5.04. The fourth-order valence-corrected chi connectivity index (χ4v) is 7.13. The maximum atomic E-state index is 14.1. The van der Waals surface area contributed by atoms with Crippen molar-refractivity contribution < 1.29 is 22.7 Å². The number of sulfonamides is 1. The minimum absolute atomic E-state index is 0.0680. The van der Waals surface area contributed by atoms with E-state index in [2.05, 4.69) is 21.2 Å². The van der Waals surface area contributed by atoms with E-state index in [1.807, 2.05) is 37.4 Å². The highest BCUT2D eigenvalue weighted by molar-refractivity contribution is 9.10. The summed E-state index contributed by atoms with van der Waals surface area (Å²) < 4.78 is 35.7. The van der Waals surface area contributed by atoms with Crippen molar-refractivity contribution in [3.8, 4) is 5.75 Å². The first-order chi connectivity index (χ1) is 20.6. The van der Waals surface area contributed by atoms with Crippen molar-refractivity contribution in [2.75, 3.05) is 23.7 Å². The third-order valence-electron chi connectivity index (χ3n) is 7.50. The largest absolute Gasteiger partial charge is 0.494 e. The molecule has 230 valence electrons. The molecule has 1 unspecified atom stereocenters. The summed E-state index contributed by atoms with van der Waals surface area (Å²) in [6, 6.07) is 20.0. The first-order valence-electron chi connectivity index (χ1n) is 14.4. The molecule has 1 atom stereocenters. The third-order valence-corrected chi connectivity index (χ3v) is 10.6. The monoisotopic (exact) mass is 687 g/mol. The highest BCUT2D eigenvalue weighted by Crippen LogP contribution is 2.28. The van der Waals surface area contributed by atoms with Gasteiger partial charge in [0.05, 0.1) is 17.2 Å². The van der Waals surface area contributed by atoms with Gasteiger partial charge in [0.25, 0.3) is 10.0 Å². The minimum Gasteiger partial charge on any atom is -0.494 e. The van der Waals surface area contributed by atoms with Crippen LogP contribution in [-0.2, 0) is 26.2 Å². The maximum Gasteiger partial charge on any atom is 0.264 e. The molecule has 0 radical (unpaired) electrons. The summed E-state index contributed by atoms with van der Waals surface area (Å²) in [5, 5.41) is 3.09. The number of anilines is 1. The van der Waals surface area contributed by atoms with E-state index in [-0.39, 0.29) is 23.4 Å². The fraction of sp³-hybridized carbons (Fsp3) is 0.375. The molecule has 0 saturated heterocycles. The molecule has 0 bridgehead atoms. The van der Waals surface area contributed by atoms with Crippen LogP contribution in [0.15, 0.2) is 87.1 Å². The first-order valence-corrected chi connectivity index (χ1v) is 17.8. The Labute approximate surface area is 267 Å². The number of thioether (sulfide) groups is 1. The van der Waals surface area contributed by atoms with Crippen LogP contribution in [0.4, 0.5) is 5.69 Å². The standard InChI is InChI=1S/C32H38BrN3O5S2/c1-4-41-28-15-13-27(14-16-28)36(43(39,40)30-19-17-29(42-3)18-20-30)22-31(37)35(21-24-9-11-25(33)12-10-24)23(2)32(38)34-26-7-5-6-8-26/h9-20,23,26H,4-8,21-22H2,1-3H3,(H,34,38). The Morgan fingerprint density at radius 2 is 1.63 bits per heavy atom. The van der Waals surface area contributed by atoms with Crippen molar-refractivity contribution >= 4 is 55.2 Å². The minimum atomic E-state index is -4.15. The summed E-state index contributed by atoms with van der Waals surface area (Å²) in [6.07, 6.45) is 5.87. The molecular formula is C32H38BrN3O5S2. The van der Waals surface area contributed by atoms with Gasteiger partial charge < -0.3 is 15.0 Å². The van der Waals surface area contributed by atoms with Crippen molar-refractivity contribution in [1.82, 2.24) is 10.2 Å². The Morgan fingerprint density at radius 1 is 1.00 bits per heavy atom. The number of hydrogen-bond acceptors (Lipinski definition) is 6. The summed E-state index contributed by atoms with van der Waals surface area (Å²) >= 11 is 4.95. The van der Waals surface area contributed by atoms with E-state index in [4.69, 9.17) is 4.74 Å². The molecule has 1 aliphatic rings. The zero-order valence-electron chi connectivity index (χ0n) is 24.7. The summed E-state index contributed by atoms with van der Waals surface area (Å²) in [5.74, 6) is -0.149. The van der Waals surface area contributed by atoms with Gasteiger partial charge in [0.15, 0.2) is 0 Å². The number of nitrogens with zero attached hydrogens (tertiary/aromatic N) is 2. The lowest BCUT2D eigenvalue weighted by atomic mass is 10.1. The number of benzene rings is 3. The first kappa shape index (κ1) is 32.9. The normalized spacial score (nSPS) is 14.2. The Balaban J connectivity index is 1.68. The average Bonchev–Trinajstić information content (AvgIpc) is 3.53. The highest BCUT2D eigenvalue weighted by atomic mass is 79.9. The molecule has 11 heteroatoms. The maximum absolute atomic E-state index is 14.1. The molecular weight excluding hydrogens is 650 g/mol. The number of carbonyl (C=O) groups excluding carboxylic acids is 2. The molecule has 43 heavy (non-hydrogen) atoms. The summed E-state index contributed by atoms with van der Waals surface area (Å²) in [5.41, 5.74) is 1.14. The quantitative estimate of drug-likeness (QED) is 0.214. The lowest BCUT2D eigenvalue weighted by molar-refractivity contribution is -0.139. The molecule has 0 heterocycles. The van der Waals surface area contributed by atoms with Crippen LogP contribution in [0.5, 0.6) is 5.75 Å². The lowest BCUT2D eigenvalue weighted by Crippen LogP contribution is -2.52. The van der Waals surface area contributed by atoms with E-state index in [0.29, 0.717) is 18.0 Å². The van der Waals surface area contributed by atoms with Crippen LogP contribution in [0.2, 0.25) is 0 Å². The predicted octanol–water partition coefficient (Wildman–Crippen LogP) is 6.24. The number of nitrogens with one attached hydrogen (secondary N) is 1. The van der Waals surface area contributed by atoms with Crippen LogP contribution in [-0.4, -0.2) is 56.6 Å². The van der Waals surface area contributed by atoms with Gasteiger partial charge in [-0.25, -0.2) is 8.42 Å². The summed E-state index contributed by atoms with van der Waals surface area (Å²) in [4.78, 5) is 29.9. The Kier molecular flexibility index (Phi) is 11.6. The molecule has 0 aromatic heterocycles. The molecule has 2 amide bonds. The van der Waals surface area contributed by atoms with Crippen molar-refractivity contribution in [3.63, 3.8) is 0 Å². The second-order valence-corrected chi connectivity index (χ2v) is 14.1. The highest BCUT2D eigenvalue weighted by Gasteiger charge is 2.33. The van der Waals surface area contributed by atoms with Gasteiger partial charge >= 0.3 is 0 Å². The van der Waals surface area contributed by atoms with Crippen molar-refractivity contribution in [2.24, 2.45) is 0 Å². The van der Waals surface area contributed by atoms with Gasteiger partial charge in [-0.05, 0) is 99.2 Å². The number of rotatable bonds is 13. The number of halogens is 1. The van der Waals surface area contributed by atoms with Crippen LogP contribution in [0.1, 0.15) is 45.1 Å². The van der Waals surface area contributed by atoms with E-state index in [9.17, 15) is 18.0 Å². The molecule has 3 aromatic rings. The van der Waals surface area contributed by atoms with Crippen LogP contribution in [0.25, 0.3) is 0 Å². The lowest BCUT2D eigenvalue weighted by Gasteiger charge is -2.32. The smallest absolute Gasteiger partial charge is 0.264 e. The van der Waals surface area contributed by atoms with E-state index >= 15 is 0 Å². The number of carbonyl (C=O) groups is 2. The Hall–Kier alpha value is -3.02. The van der Waals surface area contributed by atoms with Crippen LogP contribution in [0.3, 0.4) is 0 Å². The van der Waals surface area contributed by atoms with Crippen LogP contribution < -0.4 is 14.4 Å². The van der Waals surface area contributed by atoms with Gasteiger partial charge in [-0.1, -0.05) is 40.9 Å². The average molecular weight is 689 g/mol. The van der Waals surface area contributed by atoms with E-state index in [1.54, 1.807) is 55.5 Å². The van der Waals surface area contributed by atoms with Gasteiger partial charge in [0.2, 0.25) is 11.8 Å². The van der Waals surface area contributed by atoms with Crippen molar-refractivity contribution in [1.29, 1.82) is 0 Å². The molecule has 3 aromatic carbocycles. The SMILES string of the molecule is CCOc1ccc(N(CC(=O)N(Cc2ccc(Br)cc2)C(C)C(=O)NC2CCCC2)S(=O)(=O)c2ccc(SC)cc2)cc1. The number of amides is 2. The molecule has 8 nitrogen and oxygen atoms in total. The van der Waals surface area contributed by atoms with Crippen LogP contribution in [0, 0.1) is 0 Å². The van der Waals surface area contributed by atoms with E-state index < -0.39 is 28.5 Å². The van der Waals surface area contributed by atoms with Crippen molar-refractivity contribution in [3.05, 3.63) is 82.8 Å². The summed E-state index contributed by atoms with van der Waals surface area (Å²) in [7, 11) is -4.15. The van der Waals surface area contributed by atoms with Gasteiger partial charge in [-0.3, -0.25) is 13.9 Å². The predicted molar refractivity (Wildman–Crippen MR) is 175 cm³/mol.